The molecule has 1 nitrogen and oxygen atoms in total. The van der Waals surface area contributed by atoms with Crippen molar-refractivity contribution in [3.8, 4) is 0 Å². The van der Waals surface area contributed by atoms with E-state index in [0.29, 0.717) is 12.2 Å². The predicted octanol–water partition coefficient (Wildman–Crippen LogP) is 3.54. The molecule has 0 saturated heterocycles. The summed E-state index contributed by atoms with van der Waals surface area (Å²) < 4.78 is 0. The molecule has 0 aliphatic heterocycles. The number of rotatable bonds is 0. The number of benzene rings is 1. The fourth-order valence-electron chi connectivity index (χ4n) is 2.26. The van der Waals surface area contributed by atoms with Gasteiger partial charge in [0.15, 0.2) is 5.78 Å². The van der Waals surface area contributed by atoms with E-state index in [-0.39, 0.29) is 5.41 Å². The van der Waals surface area contributed by atoms with Crippen molar-refractivity contribution in [1.82, 2.24) is 0 Å². The van der Waals surface area contributed by atoms with Crippen LogP contribution in [0.4, 0.5) is 0 Å². The minimum absolute atomic E-state index is 0.157. The standard InChI is InChI=1S/C14H18O/c1-10-4-5-11-6-7-14(2,3)9-13(15)12(11)8-10/h4-5,8H,6-7,9H2,1-3H3. The molecule has 1 aliphatic rings. The zero-order chi connectivity index (χ0) is 11.1. The van der Waals surface area contributed by atoms with Gasteiger partial charge in [0, 0.05) is 12.0 Å². The van der Waals surface area contributed by atoms with Crippen LogP contribution in [0.5, 0.6) is 0 Å². The summed E-state index contributed by atoms with van der Waals surface area (Å²) in [6, 6.07) is 6.26. The molecule has 80 valence electrons. The van der Waals surface area contributed by atoms with E-state index >= 15 is 0 Å². The van der Waals surface area contributed by atoms with Gasteiger partial charge >= 0.3 is 0 Å². The van der Waals surface area contributed by atoms with Crippen LogP contribution in [0.3, 0.4) is 0 Å². The third kappa shape index (κ3) is 2.11. The highest BCUT2D eigenvalue weighted by Gasteiger charge is 2.27. The molecule has 1 heteroatoms. The van der Waals surface area contributed by atoms with Crippen LogP contribution < -0.4 is 0 Å². The number of Topliss-reactive ketones (excluding diaryl/α,β-unsaturated/α-hetero) is 1. The molecular formula is C14H18O. The average Bonchev–Trinajstić information content (AvgIpc) is 2.24. The van der Waals surface area contributed by atoms with Gasteiger partial charge in [0.25, 0.3) is 0 Å². The van der Waals surface area contributed by atoms with Gasteiger partial charge in [-0.1, -0.05) is 31.5 Å². The van der Waals surface area contributed by atoms with E-state index in [0.717, 1.165) is 18.4 Å². The summed E-state index contributed by atoms with van der Waals surface area (Å²) in [5, 5.41) is 0. The summed E-state index contributed by atoms with van der Waals surface area (Å²) in [5.41, 5.74) is 3.53. The zero-order valence-corrected chi connectivity index (χ0v) is 9.76. The third-order valence-electron chi connectivity index (χ3n) is 3.28. The largest absolute Gasteiger partial charge is 0.294 e. The Bertz CT molecular complexity index is 402. The number of hydrogen-bond donors (Lipinski definition) is 0. The van der Waals surface area contributed by atoms with Gasteiger partial charge in [-0.2, -0.15) is 0 Å². The maximum absolute atomic E-state index is 12.1. The van der Waals surface area contributed by atoms with E-state index in [1.807, 2.05) is 13.0 Å². The SMILES string of the molecule is Cc1ccc2c(c1)C(=O)CC(C)(C)CC2. The van der Waals surface area contributed by atoms with Crippen LogP contribution in [0.25, 0.3) is 0 Å². The van der Waals surface area contributed by atoms with E-state index in [1.54, 1.807) is 0 Å². The van der Waals surface area contributed by atoms with Crippen LogP contribution >= 0.6 is 0 Å². The van der Waals surface area contributed by atoms with Crippen LogP contribution in [0.2, 0.25) is 0 Å². The van der Waals surface area contributed by atoms with Crippen molar-refractivity contribution in [2.24, 2.45) is 5.41 Å². The first-order valence-electron chi connectivity index (χ1n) is 5.61. The average molecular weight is 202 g/mol. The van der Waals surface area contributed by atoms with Crippen LogP contribution in [0, 0.1) is 12.3 Å². The molecule has 0 N–H and O–H groups in total. The maximum atomic E-state index is 12.1. The molecule has 2 rings (SSSR count). The summed E-state index contributed by atoms with van der Waals surface area (Å²) in [6.07, 6.45) is 2.83. The quantitative estimate of drug-likeness (QED) is 0.588. The highest BCUT2D eigenvalue weighted by molar-refractivity contribution is 5.98. The minimum Gasteiger partial charge on any atom is -0.294 e. The van der Waals surface area contributed by atoms with E-state index in [1.165, 1.54) is 11.1 Å². The van der Waals surface area contributed by atoms with Crippen molar-refractivity contribution in [2.75, 3.05) is 0 Å². The van der Waals surface area contributed by atoms with Gasteiger partial charge in [-0.3, -0.25) is 4.79 Å². The normalized spacial score (nSPS) is 19.5. The molecule has 15 heavy (non-hydrogen) atoms. The molecule has 1 aromatic rings. The first-order valence-corrected chi connectivity index (χ1v) is 5.61. The summed E-state index contributed by atoms with van der Waals surface area (Å²) in [7, 11) is 0. The molecule has 1 aromatic carbocycles. The van der Waals surface area contributed by atoms with Crippen LogP contribution in [0.1, 0.15) is 48.2 Å². The molecule has 0 saturated carbocycles. The lowest BCUT2D eigenvalue weighted by atomic mass is 9.84. The van der Waals surface area contributed by atoms with Crippen molar-refractivity contribution in [3.05, 3.63) is 34.9 Å². The number of carbonyl (C=O) groups excluding carboxylic acids is 1. The molecule has 0 heterocycles. The molecule has 0 amide bonds. The third-order valence-corrected chi connectivity index (χ3v) is 3.28. The van der Waals surface area contributed by atoms with Crippen LogP contribution in [0.15, 0.2) is 18.2 Å². The highest BCUT2D eigenvalue weighted by atomic mass is 16.1. The van der Waals surface area contributed by atoms with Crippen molar-refractivity contribution >= 4 is 5.78 Å². The molecule has 0 spiro atoms. The molecule has 0 bridgehead atoms. The summed E-state index contributed by atoms with van der Waals surface area (Å²) in [4.78, 5) is 12.1. The minimum atomic E-state index is 0.157. The molecule has 1 aliphatic carbocycles. The summed E-state index contributed by atoms with van der Waals surface area (Å²) >= 11 is 0. The Kier molecular flexibility index (Phi) is 2.41. The maximum Gasteiger partial charge on any atom is 0.163 e. The lowest BCUT2D eigenvalue weighted by molar-refractivity contribution is 0.0934. The fraction of sp³-hybridized carbons (Fsp3) is 0.500. The first-order chi connectivity index (χ1) is 6.98. The van der Waals surface area contributed by atoms with E-state index in [9.17, 15) is 4.79 Å². The van der Waals surface area contributed by atoms with Crippen molar-refractivity contribution in [2.45, 2.75) is 40.0 Å². The molecule has 0 aromatic heterocycles. The van der Waals surface area contributed by atoms with E-state index < -0.39 is 0 Å². The number of fused-ring (bicyclic) bond motifs is 1. The molecule has 0 radical (unpaired) electrons. The van der Waals surface area contributed by atoms with Gasteiger partial charge in [0.05, 0.1) is 0 Å². The van der Waals surface area contributed by atoms with Crippen LogP contribution in [-0.4, -0.2) is 5.78 Å². The second kappa shape index (κ2) is 3.48. The van der Waals surface area contributed by atoms with E-state index in [2.05, 4.69) is 26.0 Å². The lowest BCUT2D eigenvalue weighted by Gasteiger charge is -2.20. The van der Waals surface area contributed by atoms with Gasteiger partial charge in [-0.15, -0.1) is 0 Å². The zero-order valence-electron chi connectivity index (χ0n) is 9.76. The second-order valence-corrected chi connectivity index (χ2v) is 5.42. The lowest BCUT2D eigenvalue weighted by Crippen LogP contribution is -2.14. The van der Waals surface area contributed by atoms with Gasteiger partial charge in [0.1, 0.15) is 0 Å². The van der Waals surface area contributed by atoms with Gasteiger partial charge in [-0.05, 0) is 36.8 Å². The van der Waals surface area contributed by atoms with Crippen molar-refractivity contribution in [1.29, 1.82) is 0 Å². The smallest absolute Gasteiger partial charge is 0.163 e. The number of ketones is 1. The number of hydrogen-bond acceptors (Lipinski definition) is 1. The number of carbonyl (C=O) groups is 1. The molecule has 0 unspecified atom stereocenters. The Morgan fingerprint density at radius 1 is 1.27 bits per heavy atom. The Morgan fingerprint density at radius 3 is 2.73 bits per heavy atom. The number of aryl methyl sites for hydroxylation is 2. The Balaban J connectivity index is 2.44. The first kappa shape index (κ1) is 10.4. The molecule has 0 fully saturated rings. The second-order valence-electron chi connectivity index (χ2n) is 5.42. The van der Waals surface area contributed by atoms with Crippen molar-refractivity contribution in [3.63, 3.8) is 0 Å². The monoisotopic (exact) mass is 202 g/mol. The van der Waals surface area contributed by atoms with Gasteiger partial charge in [0.2, 0.25) is 0 Å². The van der Waals surface area contributed by atoms with Gasteiger partial charge in [-0.25, -0.2) is 0 Å². The fourth-order valence-corrected chi connectivity index (χ4v) is 2.26. The van der Waals surface area contributed by atoms with Crippen molar-refractivity contribution < 1.29 is 4.79 Å². The molecular weight excluding hydrogens is 184 g/mol. The predicted molar refractivity (Wildman–Crippen MR) is 62.2 cm³/mol. The highest BCUT2D eigenvalue weighted by Crippen LogP contribution is 2.33. The molecule has 0 atom stereocenters. The Labute approximate surface area is 91.5 Å². The topological polar surface area (TPSA) is 17.1 Å². The summed E-state index contributed by atoms with van der Waals surface area (Å²) in [5.74, 6) is 0.316. The summed E-state index contributed by atoms with van der Waals surface area (Å²) in [6.45, 7) is 6.41. The Morgan fingerprint density at radius 2 is 2.00 bits per heavy atom. The Hall–Kier alpha value is -1.11. The van der Waals surface area contributed by atoms with E-state index in [4.69, 9.17) is 0 Å². The van der Waals surface area contributed by atoms with Gasteiger partial charge < -0.3 is 0 Å². The van der Waals surface area contributed by atoms with Crippen LogP contribution in [-0.2, 0) is 6.42 Å².